The van der Waals surface area contributed by atoms with Gasteiger partial charge in [0.25, 0.3) is 5.91 Å². The quantitative estimate of drug-likeness (QED) is 0.803. The highest BCUT2D eigenvalue weighted by Crippen LogP contribution is 2.16. The summed E-state index contributed by atoms with van der Waals surface area (Å²) >= 11 is 1.47. The lowest BCUT2D eigenvalue weighted by molar-refractivity contribution is -0.139. The molecule has 0 fully saturated rings. The minimum atomic E-state index is -1.14. The van der Waals surface area contributed by atoms with Gasteiger partial charge >= 0.3 is 5.97 Å². The van der Waals surface area contributed by atoms with E-state index in [0.717, 1.165) is 6.07 Å². The molecule has 0 bridgehead atoms. The summed E-state index contributed by atoms with van der Waals surface area (Å²) in [5.74, 6) is -1.77. The third kappa shape index (κ3) is 4.41. The van der Waals surface area contributed by atoms with Crippen LogP contribution in [0.2, 0.25) is 0 Å². The second-order valence-corrected chi connectivity index (χ2v) is 4.98. The van der Waals surface area contributed by atoms with E-state index in [0.29, 0.717) is 5.75 Å². The van der Waals surface area contributed by atoms with E-state index >= 15 is 0 Å². The van der Waals surface area contributed by atoms with Gasteiger partial charge in [0.2, 0.25) is 0 Å². The van der Waals surface area contributed by atoms with Gasteiger partial charge in [0.1, 0.15) is 17.6 Å². The Labute approximate surface area is 120 Å². The molecule has 20 heavy (non-hydrogen) atoms. The Morgan fingerprint density at radius 1 is 1.50 bits per heavy atom. The molecular weight excluding hydrogens is 285 g/mol. The average Bonchev–Trinajstić information content (AvgIpc) is 2.42. The predicted octanol–water partition coefficient (Wildman–Crippen LogP) is 1.77. The first-order chi connectivity index (χ1) is 9.49. The summed E-state index contributed by atoms with van der Waals surface area (Å²) in [6.07, 6.45) is 2.11. The Hall–Kier alpha value is -1.76. The first-order valence-electron chi connectivity index (χ1n) is 5.85. The SMILES string of the molecule is COc1ccc(C(=O)N[C@@H](CCSC)C(=O)O)c(F)c1. The highest BCUT2D eigenvalue weighted by Gasteiger charge is 2.22. The maximum absolute atomic E-state index is 13.7. The van der Waals surface area contributed by atoms with Gasteiger partial charge in [-0.1, -0.05) is 0 Å². The van der Waals surface area contributed by atoms with Crippen LogP contribution in [0.15, 0.2) is 18.2 Å². The molecule has 0 aliphatic rings. The van der Waals surface area contributed by atoms with Crippen molar-refractivity contribution < 1.29 is 23.8 Å². The third-order valence-corrected chi connectivity index (χ3v) is 3.28. The fraction of sp³-hybridized carbons (Fsp3) is 0.385. The number of halogens is 1. The maximum Gasteiger partial charge on any atom is 0.326 e. The number of benzene rings is 1. The number of carboxylic acids is 1. The molecule has 1 aromatic rings. The molecule has 5 nitrogen and oxygen atoms in total. The second-order valence-electron chi connectivity index (χ2n) is 3.99. The number of carbonyl (C=O) groups is 2. The lowest BCUT2D eigenvalue weighted by Gasteiger charge is -2.14. The molecule has 0 aliphatic carbocycles. The third-order valence-electron chi connectivity index (χ3n) is 2.63. The van der Waals surface area contributed by atoms with Gasteiger partial charge in [-0.15, -0.1) is 0 Å². The largest absolute Gasteiger partial charge is 0.497 e. The number of carbonyl (C=O) groups excluding carboxylic acids is 1. The van der Waals surface area contributed by atoms with Crippen LogP contribution in [0.3, 0.4) is 0 Å². The first-order valence-corrected chi connectivity index (χ1v) is 7.25. The Morgan fingerprint density at radius 2 is 2.20 bits per heavy atom. The maximum atomic E-state index is 13.7. The zero-order valence-corrected chi connectivity index (χ0v) is 12.0. The van der Waals surface area contributed by atoms with Gasteiger partial charge < -0.3 is 15.2 Å². The summed E-state index contributed by atoms with van der Waals surface area (Å²) in [6, 6.07) is 2.75. The van der Waals surface area contributed by atoms with E-state index < -0.39 is 23.7 Å². The van der Waals surface area contributed by atoms with E-state index in [1.807, 2.05) is 6.26 Å². The van der Waals surface area contributed by atoms with Crippen molar-refractivity contribution in [2.45, 2.75) is 12.5 Å². The van der Waals surface area contributed by atoms with Crippen molar-refractivity contribution in [1.82, 2.24) is 5.32 Å². The van der Waals surface area contributed by atoms with E-state index in [1.165, 1.54) is 31.0 Å². The number of rotatable bonds is 7. The highest BCUT2D eigenvalue weighted by molar-refractivity contribution is 7.98. The number of carboxylic acid groups (broad SMARTS) is 1. The van der Waals surface area contributed by atoms with Crippen molar-refractivity contribution in [3.05, 3.63) is 29.6 Å². The molecule has 2 N–H and O–H groups in total. The molecule has 0 aromatic heterocycles. The van der Waals surface area contributed by atoms with E-state index in [9.17, 15) is 14.0 Å². The standard InChI is InChI=1S/C13H16FNO4S/c1-19-8-3-4-9(10(14)7-8)12(16)15-11(13(17)18)5-6-20-2/h3-4,7,11H,5-6H2,1-2H3,(H,15,16)(H,17,18)/t11-/m0/s1. The van der Waals surface area contributed by atoms with Crippen molar-refractivity contribution in [3.8, 4) is 5.75 Å². The number of thioether (sulfide) groups is 1. The molecule has 0 saturated heterocycles. The van der Waals surface area contributed by atoms with E-state index in [-0.39, 0.29) is 17.7 Å². The smallest absolute Gasteiger partial charge is 0.326 e. The van der Waals surface area contributed by atoms with Gasteiger partial charge in [0.15, 0.2) is 0 Å². The molecular formula is C13H16FNO4S. The summed E-state index contributed by atoms with van der Waals surface area (Å²) in [5, 5.41) is 11.3. The van der Waals surface area contributed by atoms with Crippen LogP contribution in [0.1, 0.15) is 16.8 Å². The van der Waals surface area contributed by atoms with Crippen molar-refractivity contribution in [2.75, 3.05) is 19.1 Å². The van der Waals surface area contributed by atoms with Crippen LogP contribution in [-0.2, 0) is 4.79 Å². The number of hydrogen-bond donors (Lipinski definition) is 2. The molecule has 0 saturated carbocycles. The summed E-state index contributed by atoms with van der Waals surface area (Å²) in [7, 11) is 1.39. The van der Waals surface area contributed by atoms with Crippen LogP contribution < -0.4 is 10.1 Å². The van der Waals surface area contributed by atoms with Gasteiger partial charge in [-0.05, 0) is 30.6 Å². The van der Waals surface area contributed by atoms with E-state index in [2.05, 4.69) is 5.32 Å². The minimum absolute atomic E-state index is 0.207. The van der Waals surface area contributed by atoms with Crippen molar-refractivity contribution in [1.29, 1.82) is 0 Å². The van der Waals surface area contributed by atoms with Gasteiger partial charge in [-0.25, -0.2) is 9.18 Å². The van der Waals surface area contributed by atoms with Crippen LogP contribution in [0.4, 0.5) is 4.39 Å². The molecule has 0 aliphatic heterocycles. The number of amides is 1. The number of aliphatic carboxylic acids is 1. The van der Waals surface area contributed by atoms with Crippen molar-refractivity contribution in [3.63, 3.8) is 0 Å². The highest BCUT2D eigenvalue weighted by atomic mass is 32.2. The molecule has 0 unspecified atom stereocenters. The van der Waals surface area contributed by atoms with Crippen LogP contribution in [0, 0.1) is 5.82 Å². The minimum Gasteiger partial charge on any atom is -0.497 e. The molecule has 1 rings (SSSR count). The number of ether oxygens (including phenoxy) is 1. The Kier molecular flexibility index (Phi) is 6.30. The molecule has 0 spiro atoms. The molecule has 0 heterocycles. The van der Waals surface area contributed by atoms with E-state index in [4.69, 9.17) is 9.84 Å². The number of methoxy groups -OCH3 is 1. The normalized spacial score (nSPS) is 11.8. The fourth-order valence-electron chi connectivity index (χ4n) is 1.54. The van der Waals surface area contributed by atoms with Crippen LogP contribution >= 0.6 is 11.8 Å². The average molecular weight is 301 g/mol. The number of hydrogen-bond acceptors (Lipinski definition) is 4. The van der Waals surface area contributed by atoms with E-state index in [1.54, 1.807) is 0 Å². The van der Waals surface area contributed by atoms with Gasteiger partial charge in [-0.2, -0.15) is 11.8 Å². The second kappa shape index (κ2) is 7.74. The summed E-state index contributed by atoms with van der Waals surface area (Å²) in [6.45, 7) is 0. The van der Waals surface area contributed by atoms with Gasteiger partial charge in [-0.3, -0.25) is 4.79 Å². The Bertz CT molecular complexity index is 495. The van der Waals surface area contributed by atoms with Crippen LogP contribution in [-0.4, -0.2) is 42.1 Å². The fourth-order valence-corrected chi connectivity index (χ4v) is 2.01. The molecule has 1 atom stereocenters. The molecule has 7 heteroatoms. The van der Waals surface area contributed by atoms with Crippen LogP contribution in [0.25, 0.3) is 0 Å². The molecule has 110 valence electrons. The lowest BCUT2D eigenvalue weighted by atomic mass is 10.1. The summed E-state index contributed by atoms with van der Waals surface area (Å²) < 4.78 is 18.5. The lowest BCUT2D eigenvalue weighted by Crippen LogP contribution is -2.41. The Balaban J connectivity index is 2.80. The monoisotopic (exact) mass is 301 g/mol. The zero-order chi connectivity index (χ0) is 15.1. The summed E-state index contributed by atoms with van der Waals surface area (Å²) in [4.78, 5) is 22.9. The first kappa shape index (κ1) is 16.3. The van der Waals surface area contributed by atoms with Gasteiger partial charge in [0.05, 0.1) is 12.7 Å². The van der Waals surface area contributed by atoms with Crippen molar-refractivity contribution in [2.24, 2.45) is 0 Å². The number of nitrogens with one attached hydrogen (secondary N) is 1. The van der Waals surface area contributed by atoms with Gasteiger partial charge in [0, 0.05) is 6.07 Å². The Morgan fingerprint density at radius 3 is 2.70 bits per heavy atom. The zero-order valence-electron chi connectivity index (χ0n) is 11.2. The molecule has 1 aromatic carbocycles. The van der Waals surface area contributed by atoms with Crippen LogP contribution in [0.5, 0.6) is 5.75 Å². The summed E-state index contributed by atoms with van der Waals surface area (Å²) in [5.41, 5.74) is -0.207. The topological polar surface area (TPSA) is 75.6 Å². The predicted molar refractivity (Wildman–Crippen MR) is 74.8 cm³/mol. The van der Waals surface area contributed by atoms with Crippen molar-refractivity contribution >= 4 is 23.6 Å². The molecule has 1 amide bonds. The molecule has 0 radical (unpaired) electrons.